The summed E-state index contributed by atoms with van der Waals surface area (Å²) in [4.78, 5) is 23.9. The Hall–Kier alpha value is -1.66. The van der Waals surface area contributed by atoms with Crippen molar-refractivity contribution in [1.29, 1.82) is 0 Å². The first kappa shape index (κ1) is 21.3. The summed E-state index contributed by atoms with van der Waals surface area (Å²) < 4.78 is 0. The van der Waals surface area contributed by atoms with E-state index in [2.05, 4.69) is 20.8 Å². The van der Waals surface area contributed by atoms with Gasteiger partial charge < -0.3 is 10.2 Å². The van der Waals surface area contributed by atoms with Gasteiger partial charge in [0.25, 0.3) is 0 Å². The Bertz CT molecular complexity index is 545. The van der Waals surface area contributed by atoms with Crippen LogP contribution in [0, 0.1) is 5.92 Å². The topological polar surface area (TPSA) is 77.8 Å². The number of hydrogen-bond donors (Lipinski definition) is 2. The zero-order valence-corrected chi connectivity index (χ0v) is 17.2. The third kappa shape index (κ3) is 4.91. The van der Waals surface area contributed by atoms with Crippen LogP contribution in [0.1, 0.15) is 34.1 Å². The third-order valence-electron chi connectivity index (χ3n) is 4.47. The summed E-state index contributed by atoms with van der Waals surface area (Å²) in [5.41, 5.74) is 0.396. The second-order valence-corrected chi connectivity index (χ2v) is 7.67. The Morgan fingerprint density at radius 1 is 1.30 bits per heavy atom. The maximum absolute atomic E-state index is 11.4. The quantitative estimate of drug-likeness (QED) is 0.762. The molecule has 0 aliphatic heterocycles. The zero-order chi connectivity index (χ0) is 18.4. The van der Waals surface area contributed by atoms with Crippen LogP contribution in [0.25, 0.3) is 0 Å². The van der Waals surface area contributed by atoms with Gasteiger partial charge in [-0.2, -0.15) is 0 Å². The Morgan fingerprint density at radius 2 is 1.83 bits per heavy atom. The average molecular weight is 340 g/mol. The highest BCUT2D eigenvalue weighted by molar-refractivity contribution is 6.21. The zero-order valence-electron chi connectivity index (χ0n) is 15.2. The molecule has 0 aromatic carbocycles. The number of carbonyl (C=O) groups is 2. The Labute approximate surface area is 141 Å². The lowest BCUT2D eigenvalue weighted by atomic mass is 9.76. The van der Waals surface area contributed by atoms with E-state index in [-0.39, 0.29) is 5.57 Å². The second-order valence-electron chi connectivity index (χ2n) is 6.17. The first-order chi connectivity index (χ1) is 10.5. The fourth-order valence-electron chi connectivity index (χ4n) is 2.42. The van der Waals surface area contributed by atoms with Crippen LogP contribution >= 0.6 is 0 Å². The second kappa shape index (κ2) is 8.84. The summed E-state index contributed by atoms with van der Waals surface area (Å²) >= 11 is 0. The van der Waals surface area contributed by atoms with Crippen molar-refractivity contribution in [2.75, 3.05) is 14.1 Å². The minimum Gasteiger partial charge on any atom is -0.480 e. The van der Waals surface area contributed by atoms with Gasteiger partial charge in [0.2, 0.25) is 0 Å². The van der Waals surface area contributed by atoms with Crippen molar-refractivity contribution in [3.8, 4) is 0 Å². The highest BCUT2D eigenvalue weighted by Gasteiger charge is 2.47. The van der Waals surface area contributed by atoms with Crippen LogP contribution in [0.3, 0.4) is 0 Å². The van der Waals surface area contributed by atoms with Gasteiger partial charge in [-0.15, -0.1) is 0 Å². The SMILES string of the molecule is CC1C(C(=O)O)=CC=CC1(C(=O)O)N(C)C.CCC(C)=C(C)[SiH3]. The van der Waals surface area contributed by atoms with Crippen LogP contribution in [0.4, 0.5) is 0 Å². The molecule has 0 radical (unpaired) electrons. The molecule has 0 fully saturated rings. The predicted molar refractivity (Wildman–Crippen MR) is 96.7 cm³/mol. The molecule has 5 nitrogen and oxygen atoms in total. The summed E-state index contributed by atoms with van der Waals surface area (Å²) in [5, 5.41) is 19.9. The van der Waals surface area contributed by atoms with Crippen LogP contribution in [0.15, 0.2) is 34.6 Å². The van der Waals surface area contributed by atoms with E-state index < -0.39 is 23.4 Å². The molecule has 1 rings (SSSR count). The van der Waals surface area contributed by atoms with E-state index in [0.717, 1.165) is 0 Å². The van der Waals surface area contributed by atoms with Crippen molar-refractivity contribution in [3.63, 3.8) is 0 Å². The summed E-state index contributed by atoms with van der Waals surface area (Å²) in [6.45, 7) is 8.24. The fourth-order valence-corrected chi connectivity index (χ4v) is 2.77. The van der Waals surface area contributed by atoms with Crippen molar-refractivity contribution in [2.45, 2.75) is 39.7 Å². The smallest absolute Gasteiger partial charge is 0.331 e. The Balaban J connectivity index is 0.000000585. The van der Waals surface area contributed by atoms with Gasteiger partial charge in [0.15, 0.2) is 0 Å². The van der Waals surface area contributed by atoms with Gasteiger partial charge in [-0.1, -0.05) is 42.8 Å². The van der Waals surface area contributed by atoms with Crippen molar-refractivity contribution in [3.05, 3.63) is 34.6 Å². The number of carboxylic acids is 2. The van der Waals surface area contributed by atoms with E-state index in [1.54, 1.807) is 31.8 Å². The highest BCUT2D eigenvalue weighted by atomic mass is 28.1. The highest BCUT2D eigenvalue weighted by Crippen LogP contribution is 2.34. The number of carboxylic acid groups (broad SMARTS) is 2. The molecular formula is C17H29NO4Si. The standard InChI is InChI=1S/C11H15NO4.C6H14Si/c1-7-8(9(13)14)5-4-6-11(7,10(15)16)12(2)3;1-4-5(2)6(3)7/h4-7H,1-3H3,(H,13,14)(H,15,16);4H2,1-3,7H3. The molecule has 0 saturated heterocycles. The van der Waals surface area contributed by atoms with Crippen LogP contribution in [0.2, 0.25) is 0 Å². The summed E-state index contributed by atoms with van der Waals surface area (Å²) in [6, 6.07) is 0. The Morgan fingerprint density at radius 3 is 2.09 bits per heavy atom. The number of hydrogen-bond acceptors (Lipinski definition) is 3. The molecule has 2 unspecified atom stereocenters. The molecule has 0 spiro atoms. The third-order valence-corrected chi connectivity index (χ3v) is 5.32. The lowest BCUT2D eigenvalue weighted by Gasteiger charge is -2.40. The molecule has 2 N–H and O–H groups in total. The molecule has 1 aliphatic rings. The largest absolute Gasteiger partial charge is 0.480 e. The molecule has 130 valence electrons. The van der Waals surface area contributed by atoms with Crippen LogP contribution in [-0.4, -0.2) is 56.9 Å². The molecular weight excluding hydrogens is 310 g/mol. The van der Waals surface area contributed by atoms with E-state index in [1.807, 2.05) is 0 Å². The minimum absolute atomic E-state index is 0.110. The number of rotatable bonds is 4. The maximum Gasteiger partial charge on any atom is 0.331 e. The molecule has 2 atom stereocenters. The van der Waals surface area contributed by atoms with Gasteiger partial charge in [0, 0.05) is 21.7 Å². The van der Waals surface area contributed by atoms with Gasteiger partial charge in [0.1, 0.15) is 5.54 Å². The fraction of sp³-hybridized carbons (Fsp3) is 0.529. The molecule has 0 aromatic heterocycles. The van der Waals surface area contributed by atoms with Gasteiger partial charge in [-0.05, 0) is 34.4 Å². The molecule has 1 aliphatic carbocycles. The number of likely N-dealkylation sites (N-methyl/N-ethyl adjacent to an activating group) is 1. The van der Waals surface area contributed by atoms with Crippen molar-refractivity contribution >= 4 is 22.2 Å². The number of allylic oxidation sites excluding steroid dienone is 4. The lowest BCUT2D eigenvalue weighted by molar-refractivity contribution is -0.149. The molecule has 6 heteroatoms. The monoisotopic (exact) mass is 339 g/mol. The van der Waals surface area contributed by atoms with E-state index >= 15 is 0 Å². The molecule has 0 aromatic rings. The van der Waals surface area contributed by atoms with E-state index in [1.165, 1.54) is 39.8 Å². The minimum atomic E-state index is -1.29. The Kier molecular flexibility index (Phi) is 8.20. The van der Waals surface area contributed by atoms with Gasteiger partial charge in [-0.3, -0.25) is 4.90 Å². The average Bonchev–Trinajstić information content (AvgIpc) is 2.46. The maximum atomic E-state index is 11.4. The van der Waals surface area contributed by atoms with Crippen LogP contribution in [-0.2, 0) is 9.59 Å². The molecule has 0 bridgehead atoms. The van der Waals surface area contributed by atoms with Crippen LogP contribution in [0.5, 0.6) is 0 Å². The van der Waals surface area contributed by atoms with E-state index in [4.69, 9.17) is 5.11 Å². The van der Waals surface area contributed by atoms with Gasteiger partial charge >= 0.3 is 11.9 Å². The molecule has 0 saturated carbocycles. The first-order valence-electron chi connectivity index (χ1n) is 7.68. The molecule has 0 amide bonds. The first-order valence-corrected chi connectivity index (χ1v) is 8.68. The van der Waals surface area contributed by atoms with Crippen molar-refractivity contribution in [2.24, 2.45) is 5.92 Å². The van der Waals surface area contributed by atoms with E-state index in [9.17, 15) is 14.7 Å². The van der Waals surface area contributed by atoms with E-state index in [0.29, 0.717) is 0 Å². The number of aliphatic carboxylic acids is 2. The van der Waals surface area contributed by atoms with Crippen LogP contribution < -0.4 is 0 Å². The van der Waals surface area contributed by atoms with Gasteiger partial charge in [-0.25, -0.2) is 9.59 Å². The molecule has 0 heterocycles. The summed E-state index contributed by atoms with van der Waals surface area (Å²) in [7, 11) is 4.49. The van der Waals surface area contributed by atoms with Gasteiger partial charge in [0.05, 0.1) is 0 Å². The van der Waals surface area contributed by atoms with Crippen molar-refractivity contribution < 1.29 is 19.8 Å². The summed E-state index contributed by atoms with van der Waals surface area (Å²) in [5.74, 6) is -2.74. The normalized spacial score (nSPS) is 24.5. The lowest BCUT2D eigenvalue weighted by Crippen LogP contribution is -2.56. The predicted octanol–water partition coefficient (Wildman–Crippen LogP) is 1.64. The van der Waals surface area contributed by atoms with Crippen molar-refractivity contribution in [1.82, 2.24) is 4.90 Å². The number of nitrogens with zero attached hydrogens (tertiary/aromatic N) is 1. The summed E-state index contributed by atoms with van der Waals surface area (Å²) in [6.07, 6.45) is 5.68. The molecule has 23 heavy (non-hydrogen) atoms.